The molecule has 1 aromatic heterocycles. The quantitative estimate of drug-likeness (QED) is 0.595. The first-order chi connectivity index (χ1) is 7.78. The zero-order valence-corrected chi connectivity index (χ0v) is 8.80. The van der Waals surface area contributed by atoms with Crippen molar-refractivity contribution in [3.63, 3.8) is 0 Å². The maximum atomic E-state index is 5.44. The summed E-state index contributed by atoms with van der Waals surface area (Å²) in [5.41, 5.74) is 3.44. The lowest BCUT2D eigenvalue weighted by molar-refractivity contribution is 0.264. The van der Waals surface area contributed by atoms with Crippen LogP contribution < -0.4 is 16.0 Å². The second-order valence-corrected chi connectivity index (χ2v) is 3.25. The SMILES string of the molecule is Cc1ccc(OCc2nnc(NN)o2)cc1. The van der Waals surface area contributed by atoms with Crippen LogP contribution in [-0.4, -0.2) is 10.2 Å². The minimum atomic E-state index is 0.169. The zero-order valence-electron chi connectivity index (χ0n) is 8.80. The Morgan fingerprint density at radius 1 is 1.31 bits per heavy atom. The normalized spacial score (nSPS) is 10.1. The number of anilines is 1. The van der Waals surface area contributed by atoms with E-state index in [9.17, 15) is 0 Å². The van der Waals surface area contributed by atoms with E-state index in [0.717, 1.165) is 5.75 Å². The van der Waals surface area contributed by atoms with Crippen LogP contribution in [0.1, 0.15) is 11.5 Å². The van der Waals surface area contributed by atoms with Gasteiger partial charge in [-0.05, 0) is 19.1 Å². The first-order valence-electron chi connectivity index (χ1n) is 4.76. The average Bonchev–Trinajstić information content (AvgIpc) is 2.76. The van der Waals surface area contributed by atoms with E-state index >= 15 is 0 Å². The van der Waals surface area contributed by atoms with Gasteiger partial charge in [-0.25, -0.2) is 5.84 Å². The molecule has 0 fully saturated rings. The van der Waals surface area contributed by atoms with Crippen LogP contribution in [0.25, 0.3) is 0 Å². The molecule has 84 valence electrons. The molecular weight excluding hydrogens is 208 g/mol. The van der Waals surface area contributed by atoms with Gasteiger partial charge in [0, 0.05) is 0 Å². The molecule has 16 heavy (non-hydrogen) atoms. The van der Waals surface area contributed by atoms with Crippen molar-refractivity contribution in [3.05, 3.63) is 35.7 Å². The Labute approximate surface area is 92.4 Å². The van der Waals surface area contributed by atoms with Crippen LogP contribution >= 0.6 is 0 Å². The summed E-state index contributed by atoms with van der Waals surface area (Å²) in [5, 5.41) is 7.36. The number of nitrogens with zero attached hydrogens (tertiary/aromatic N) is 2. The number of ether oxygens (including phenoxy) is 1. The monoisotopic (exact) mass is 220 g/mol. The molecule has 0 saturated heterocycles. The molecule has 6 heteroatoms. The van der Waals surface area contributed by atoms with E-state index in [1.54, 1.807) is 0 Å². The van der Waals surface area contributed by atoms with Crippen LogP contribution in [0.2, 0.25) is 0 Å². The van der Waals surface area contributed by atoms with Gasteiger partial charge in [0.2, 0.25) is 0 Å². The topological polar surface area (TPSA) is 86.2 Å². The molecule has 0 bridgehead atoms. The molecule has 0 unspecified atom stereocenters. The van der Waals surface area contributed by atoms with Gasteiger partial charge in [0.1, 0.15) is 5.75 Å². The van der Waals surface area contributed by atoms with Crippen LogP contribution in [0, 0.1) is 6.92 Å². The van der Waals surface area contributed by atoms with Crippen molar-refractivity contribution < 1.29 is 9.15 Å². The number of hydrogen-bond acceptors (Lipinski definition) is 6. The van der Waals surface area contributed by atoms with Crippen LogP contribution in [-0.2, 0) is 6.61 Å². The second kappa shape index (κ2) is 4.63. The number of nitrogens with two attached hydrogens (primary N) is 1. The highest BCUT2D eigenvalue weighted by Crippen LogP contribution is 2.13. The van der Waals surface area contributed by atoms with Crippen LogP contribution in [0.4, 0.5) is 6.01 Å². The third kappa shape index (κ3) is 2.48. The van der Waals surface area contributed by atoms with Gasteiger partial charge in [-0.15, -0.1) is 5.10 Å². The molecule has 3 N–H and O–H groups in total. The van der Waals surface area contributed by atoms with Crippen molar-refractivity contribution in [1.82, 2.24) is 10.2 Å². The molecule has 1 heterocycles. The van der Waals surface area contributed by atoms with Crippen molar-refractivity contribution in [2.75, 3.05) is 5.43 Å². The summed E-state index contributed by atoms with van der Waals surface area (Å²) in [4.78, 5) is 0. The number of rotatable bonds is 4. The van der Waals surface area contributed by atoms with E-state index in [-0.39, 0.29) is 12.6 Å². The van der Waals surface area contributed by atoms with E-state index in [0.29, 0.717) is 5.89 Å². The number of nitrogen functional groups attached to an aromatic ring is 1. The van der Waals surface area contributed by atoms with Crippen LogP contribution in [0.5, 0.6) is 5.75 Å². The molecule has 1 aromatic carbocycles. The lowest BCUT2D eigenvalue weighted by atomic mass is 10.2. The number of nitrogens with one attached hydrogen (secondary N) is 1. The third-order valence-corrected chi connectivity index (χ3v) is 1.97. The van der Waals surface area contributed by atoms with E-state index in [4.69, 9.17) is 15.0 Å². The molecule has 0 spiro atoms. The summed E-state index contributed by atoms with van der Waals surface area (Å²) in [6.07, 6.45) is 0. The Hall–Kier alpha value is -2.08. The molecule has 0 aliphatic heterocycles. The van der Waals surface area contributed by atoms with Crippen molar-refractivity contribution in [2.45, 2.75) is 13.5 Å². The minimum absolute atomic E-state index is 0.169. The van der Waals surface area contributed by atoms with Crippen molar-refractivity contribution in [2.24, 2.45) is 5.84 Å². The molecule has 2 rings (SSSR count). The van der Waals surface area contributed by atoms with Gasteiger partial charge in [0.15, 0.2) is 6.61 Å². The molecule has 0 aliphatic rings. The summed E-state index contributed by atoms with van der Waals surface area (Å²) in [5.74, 6) is 6.22. The first-order valence-corrected chi connectivity index (χ1v) is 4.76. The zero-order chi connectivity index (χ0) is 11.4. The average molecular weight is 220 g/mol. The Balaban J connectivity index is 1.94. The molecule has 0 aliphatic carbocycles. The van der Waals surface area contributed by atoms with Crippen molar-refractivity contribution in [1.29, 1.82) is 0 Å². The molecule has 0 atom stereocenters. The Bertz CT molecular complexity index is 452. The second-order valence-electron chi connectivity index (χ2n) is 3.25. The highest BCUT2D eigenvalue weighted by Gasteiger charge is 2.04. The number of aromatic nitrogens is 2. The summed E-state index contributed by atoms with van der Waals surface area (Å²) in [7, 11) is 0. The summed E-state index contributed by atoms with van der Waals surface area (Å²) < 4.78 is 10.5. The number of hydrazine groups is 1. The van der Waals surface area contributed by atoms with Gasteiger partial charge in [-0.2, -0.15) is 0 Å². The van der Waals surface area contributed by atoms with Crippen LogP contribution in [0.3, 0.4) is 0 Å². The number of benzene rings is 1. The van der Waals surface area contributed by atoms with E-state index in [1.807, 2.05) is 31.2 Å². The largest absolute Gasteiger partial charge is 0.484 e. The third-order valence-electron chi connectivity index (χ3n) is 1.97. The summed E-state index contributed by atoms with van der Waals surface area (Å²) in [6.45, 7) is 2.23. The molecule has 2 aromatic rings. The van der Waals surface area contributed by atoms with Gasteiger partial charge < -0.3 is 9.15 Å². The number of hydrogen-bond donors (Lipinski definition) is 2. The summed E-state index contributed by atoms with van der Waals surface area (Å²) in [6, 6.07) is 7.87. The molecule has 0 saturated carbocycles. The smallest absolute Gasteiger partial charge is 0.330 e. The lowest BCUT2D eigenvalue weighted by Gasteiger charge is -2.02. The lowest BCUT2D eigenvalue weighted by Crippen LogP contribution is -2.06. The maximum Gasteiger partial charge on any atom is 0.330 e. The van der Waals surface area contributed by atoms with E-state index < -0.39 is 0 Å². The van der Waals surface area contributed by atoms with Gasteiger partial charge in [0.25, 0.3) is 5.89 Å². The fraction of sp³-hybridized carbons (Fsp3) is 0.200. The first kappa shape index (κ1) is 10.4. The minimum Gasteiger partial charge on any atom is -0.484 e. The standard InChI is InChI=1S/C10H12N4O2/c1-7-2-4-8(5-3-7)15-6-9-13-14-10(12-11)16-9/h2-5H,6,11H2,1H3,(H,12,14). The molecule has 6 nitrogen and oxygen atoms in total. The predicted molar refractivity (Wildman–Crippen MR) is 57.6 cm³/mol. The number of aryl methyl sites for hydroxylation is 1. The van der Waals surface area contributed by atoms with E-state index in [2.05, 4.69) is 15.6 Å². The Kier molecular flexibility index (Phi) is 3.02. The van der Waals surface area contributed by atoms with Gasteiger partial charge in [-0.3, -0.25) is 5.43 Å². The Morgan fingerprint density at radius 3 is 2.69 bits per heavy atom. The fourth-order valence-corrected chi connectivity index (χ4v) is 1.15. The van der Waals surface area contributed by atoms with Gasteiger partial charge in [0.05, 0.1) is 0 Å². The van der Waals surface area contributed by atoms with Gasteiger partial charge >= 0.3 is 6.01 Å². The molecule has 0 radical (unpaired) electrons. The van der Waals surface area contributed by atoms with Crippen molar-refractivity contribution >= 4 is 6.01 Å². The van der Waals surface area contributed by atoms with Gasteiger partial charge in [-0.1, -0.05) is 22.8 Å². The van der Waals surface area contributed by atoms with E-state index in [1.165, 1.54) is 5.56 Å². The Morgan fingerprint density at radius 2 is 2.06 bits per heavy atom. The molecule has 0 amide bonds. The van der Waals surface area contributed by atoms with Crippen LogP contribution in [0.15, 0.2) is 28.7 Å². The summed E-state index contributed by atoms with van der Waals surface area (Å²) >= 11 is 0. The highest BCUT2D eigenvalue weighted by atomic mass is 16.5. The maximum absolute atomic E-state index is 5.44. The van der Waals surface area contributed by atoms with Crippen molar-refractivity contribution in [3.8, 4) is 5.75 Å². The predicted octanol–water partition coefficient (Wildman–Crippen LogP) is 1.24. The fourth-order valence-electron chi connectivity index (χ4n) is 1.15. The molecular formula is C10H12N4O2. The highest BCUT2D eigenvalue weighted by molar-refractivity contribution is 5.26.